The normalized spacial score (nSPS) is 13.2. The number of nitrogens with one attached hydrogen (secondary N) is 2. The van der Waals surface area contributed by atoms with E-state index in [-0.39, 0.29) is 30.5 Å². The molecule has 0 aromatic heterocycles. The molecule has 0 aliphatic heterocycles. The first-order valence-corrected chi connectivity index (χ1v) is 8.63. The molecule has 0 aliphatic carbocycles. The Balaban J connectivity index is 0.00000338. The van der Waals surface area contributed by atoms with Crippen molar-refractivity contribution in [2.24, 2.45) is 4.99 Å². The van der Waals surface area contributed by atoms with Crippen LogP contribution in [-0.2, 0) is 12.0 Å². The number of hydrogen-bond donors (Lipinski definition) is 3. The van der Waals surface area contributed by atoms with Crippen LogP contribution in [0, 0.1) is 0 Å². The molecule has 26 heavy (non-hydrogen) atoms. The summed E-state index contributed by atoms with van der Waals surface area (Å²) in [4.78, 5) is 4.59. The minimum absolute atomic E-state index is 0. The molecule has 0 saturated carbocycles. The fourth-order valence-electron chi connectivity index (χ4n) is 2.65. The Bertz CT molecular complexity index is 676. The van der Waals surface area contributed by atoms with E-state index < -0.39 is 5.60 Å². The highest BCUT2D eigenvalue weighted by atomic mass is 127. The van der Waals surface area contributed by atoms with Crippen molar-refractivity contribution in [3.8, 4) is 0 Å². The van der Waals surface area contributed by atoms with Crippen LogP contribution in [0.3, 0.4) is 0 Å². The lowest BCUT2D eigenvalue weighted by Gasteiger charge is -2.28. The molecular weight excluding hydrogens is 437 g/mol. The van der Waals surface area contributed by atoms with Gasteiger partial charge in [0, 0.05) is 19.5 Å². The second-order valence-electron chi connectivity index (χ2n) is 5.92. The summed E-state index contributed by atoms with van der Waals surface area (Å²) in [6, 6.07) is 19.7. The fourth-order valence-corrected chi connectivity index (χ4v) is 2.65. The van der Waals surface area contributed by atoms with E-state index in [0.29, 0.717) is 18.9 Å². The maximum absolute atomic E-state index is 11.4. The summed E-state index contributed by atoms with van der Waals surface area (Å²) in [6.07, 6.45) is 2.28. The van der Waals surface area contributed by atoms with Crippen LogP contribution in [0.15, 0.2) is 78.3 Å². The van der Waals surface area contributed by atoms with Crippen LogP contribution >= 0.6 is 24.0 Å². The van der Waals surface area contributed by atoms with Crippen molar-refractivity contribution < 1.29 is 5.11 Å². The van der Waals surface area contributed by atoms with Gasteiger partial charge in [-0.05, 0) is 18.1 Å². The van der Waals surface area contributed by atoms with Crippen molar-refractivity contribution in [2.45, 2.75) is 18.9 Å². The average Bonchev–Trinajstić information content (AvgIpc) is 2.65. The zero-order chi connectivity index (χ0) is 18.0. The smallest absolute Gasteiger partial charge is 0.191 e. The van der Waals surface area contributed by atoms with Crippen LogP contribution in [-0.4, -0.2) is 30.7 Å². The topological polar surface area (TPSA) is 56.7 Å². The number of aliphatic imine (C=N–C) groups is 1. The molecule has 0 aliphatic rings. The minimum atomic E-state index is -1.07. The summed E-state index contributed by atoms with van der Waals surface area (Å²) in [5, 5.41) is 17.7. The average molecular weight is 465 g/mol. The van der Waals surface area contributed by atoms with Crippen molar-refractivity contribution in [3.63, 3.8) is 0 Å². The van der Waals surface area contributed by atoms with Gasteiger partial charge in [0.05, 0.1) is 6.54 Å². The Kier molecular flexibility index (Phi) is 9.98. The highest BCUT2D eigenvalue weighted by Crippen LogP contribution is 2.26. The van der Waals surface area contributed by atoms with E-state index in [4.69, 9.17) is 0 Å². The Hall–Kier alpha value is -1.86. The van der Waals surface area contributed by atoms with Gasteiger partial charge in [-0.1, -0.05) is 66.7 Å². The van der Waals surface area contributed by atoms with E-state index in [9.17, 15) is 5.11 Å². The first-order chi connectivity index (χ1) is 12.2. The third kappa shape index (κ3) is 6.80. The van der Waals surface area contributed by atoms with Crippen LogP contribution in [0.5, 0.6) is 0 Å². The Morgan fingerprint density at radius 2 is 1.69 bits per heavy atom. The molecule has 2 rings (SSSR count). The second kappa shape index (κ2) is 11.7. The number of benzene rings is 2. The lowest BCUT2D eigenvalue weighted by atomic mass is 9.87. The molecule has 2 aromatic carbocycles. The zero-order valence-corrected chi connectivity index (χ0v) is 17.5. The summed E-state index contributed by atoms with van der Waals surface area (Å²) < 4.78 is 0. The Morgan fingerprint density at radius 3 is 2.27 bits per heavy atom. The third-order valence-corrected chi connectivity index (χ3v) is 3.91. The van der Waals surface area contributed by atoms with E-state index in [1.54, 1.807) is 6.08 Å². The van der Waals surface area contributed by atoms with Crippen LogP contribution in [0.1, 0.15) is 18.1 Å². The van der Waals surface area contributed by atoms with E-state index in [2.05, 4.69) is 22.2 Å². The van der Waals surface area contributed by atoms with Crippen molar-refractivity contribution in [3.05, 3.63) is 84.4 Å². The van der Waals surface area contributed by atoms with E-state index in [0.717, 1.165) is 17.7 Å². The Morgan fingerprint density at radius 1 is 1.08 bits per heavy atom. The summed E-state index contributed by atoms with van der Waals surface area (Å²) in [5.74, 6) is 0.671. The van der Waals surface area contributed by atoms with Crippen molar-refractivity contribution in [1.29, 1.82) is 0 Å². The van der Waals surface area contributed by atoms with Gasteiger partial charge in [0.1, 0.15) is 5.60 Å². The second-order valence-corrected chi connectivity index (χ2v) is 5.92. The van der Waals surface area contributed by atoms with Crippen molar-refractivity contribution in [2.75, 3.05) is 19.6 Å². The monoisotopic (exact) mass is 465 g/mol. The molecule has 0 saturated heterocycles. The number of guanidine groups is 1. The first kappa shape index (κ1) is 22.2. The summed E-state index contributed by atoms with van der Waals surface area (Å²) in [6.45, 7) is 7.36. The quantitative estimate of drug-likeness (QED) is 0.242. The molecule has 0 radical (unpaired) electrons. The molecule has 0 bridgehead atoms. The molecule has 140 valence electrons. The van der Waals surface area contributed by atoms with Gasteiger partial charge >= 0.3 is 0 Å². The lowest BCUT2D eigenvalue weighted by Crippen LogP contribution is -2.40. The van der Waals surface area contributed by atoms with Gasteiger partial charge in [-0.3, -0.25) is 0 Å². The van der Waals surface area contributed by atoms with Crippen LogP contribution in [0.2, 0.25) is 0 Å². The first-order valence-electron chi connectivity index (χ1n) is 8.63. The van der Waals surface area contributed by atoms with E-state index in [1.807, 2.05) is 67.6 Å². The van der Waals surface area contributed by atoms with Gasteiger partial charge in [-0.15, -0.1) is 30.6 Å². The zero-order valence-electron chi connectivity index (χ0n) is 15.2. The standard InChI is InChI=1S/C21H27N3O.HI/c1-3-15-23-20(22-4-2)24-17-21(25,19-13-9-6-10-14-19)16-18-11-7-5-8-12-18;/h3,5-14,25H,1,4,15-17H2,2H3,(H2,22,23,24);1H. The third-order valence-electron chi connectivity index (χ3n) is 3.91. The SMILES string of the molecule is C=CCNC(=NCC(O)(Cc1ccccc1)c1ccccc1)NCC.I. The van der Waals surface area contributed by atoms with Crippen molar-refractivity contribution >= 4 is 29.9 Å². The number of rotatable bonds is 8. The molecule has 5 heteroatoms. The molecule has 1 unspecified atom stereocenters. The predicted octanol–water partition coefficient (Wildman–Crippen LogP) is 3.48. The Labute approximate surface area is 173 Å². The number of hydrogen-bond acceptors (Lipinski definition) is 2. The van der Waals surface area contributed by atoms with Crippen molar-refractivity contribution in [1.82, 2.24) is 10.6 Å². The van der Waals surface area contributed by atoms with Gasteiger partial charge in [-0.25, -0.2) is 4.99 Å². The predicted molar refractivity (Wildman–Crippen MR) is 120 cm³/mol. The highest BCUT2D eigenvalue weighted by Gasteiger charge is 2.29. The van der Waals surface area contributed by atoms with Gasteiger partial charge in [0.2, 0.25) is 0 Å². The minimum Gasteiger partial charge on any atom is -0.383 e. The molecular formula is C21H28IN3O. The maximum atomic E-state index is 11.4. The van der Waals surface area contributed by atoms with Crippen LogP contribution < -0.4 is 10.6 Å². The largest absolute Gasteiger partial charge is 0.383 e. The molecule has 0 spiro atoms. The van der Waals surface area contributed by atoms with Crippen LogP contribution in [0.25, 0.3) is 0 Å². The molecule has 0 amide bonds. The van der Waals surface area contributed by atoms with Gasteiger partial charge in [0.25, 0.3) is 0 Å². The summed E-state index contributed by atoms with van der Waals surface area (Å²) >= 11 is 0. The fraction of sp³-hybridized carbons (Fsp3) is 0.286. The molecule has 3 N–H and O–H groups in total. The van der Waals surface area contributed by atoms with Gasteiger partial charge in [0.15, 0.2) is 5.96 Å². The lowest BCUT2D eigenvalue weighted by molar-refractivity contribution is 0.0467. The van der Waals surface area contributed by atoms with Gasteiger partial charge in [-0.2, -0.15) is 0 Å². The molecule has 0 fully saturated rings. The molecule has 4 nitrogen and oxygen atoms in total. The highest BCUT2D eigenvalue weighted by molar-refractivity contribution is 14.0. The molecule has 2 aromatic rings. The number of halogens is 1. The summed E-state index contributed by atoms with van der Waals surface area (Å²) in [7, 11) is 0. The molecule has 0 heterocycles. The van der Waals surface area contributed by atoms with Gasteiger partial charge < -0.3 is 15.7 Å². The number of nitrogens with zero attached hydrogens (tertiary/aromatic N) is 1. The van der Waals surface area contributed by atoms with E-state index >= 15 is 0 Å². The summed E-state index contributed by atoms with van der Waals surface area (Å²) in [5.41, 5.74) is 0.870. The van der Waals surface area contributed by atoms with Crippen LogP contribution in [0.4, 0.5) is 0 Å². The molecule has 1 atom stereocenters. The maximum Gasteiger partial charge on any atom is 0.191 e. The number of aliphatic hydroxyl groups is 1. The van der Waals surface area contributed by atoms with E-state index in [1.165, 1.54) is 0 Å².